The lowest BCUT2D eigenvalue weighted by molar-refractivity contribution is -0.383. The van der Waals surface area contributed by atoms with Crippen molar-refractivity contribution < 1.29 is 4.92 Å². The molecule has 0 radical (unpaired) electrons. The van der Waals surface area contributed by atoms with Gasteiger partial charge in [-0.05, 0) is 36.2 Å². The fraction of sp³-hybridized carbons (Fsp3) is 0.158. The van der Waals surface area contributed by atoms with Gasteiger partial charge in [0.05, 0.1) is 4.92 Å². The molecule has 2 aromatic carbocycles. The van der Waals surface area contributed by atoms with Crippen LogP contribution in [0.3, 0.4) is 0 Å². The van der Waals surface area contributed by atoms with E-state index in [2.05, 4.69) is 15.3 Å². The quantitative estimate of drug-likeness (QED) is 0.489. The molecule has 3 aromatic rings. The number of rotatable bonds is 6. The summed E-state index contributed by atoms with van der Waals surface area (Å²) in [5, 5.41) is 15.4. The average molecular weight is 384 g/mol. The number of hydrogen-bond acceptors (Lipinski definition) is 6. The van der Waals surface area contributed by atoms with Gasteiger partial charge in [-0.2, -0.15) is 0 Å². The summed E-state index contributed by atoms with van der Waals surface area (Å²) in [6.45, 7) is 2.35. The monoisotopic (exact) mass is 383 g/mol. The summed E-state index contributed by atoms with van der Waals surface area (Å²) in [6.07, 6.45) is 1.32. The third-order valence-corrected chi connectivity index (χ3v) is 4.29. The molecule has 0 amide bonds. The summed E-state index contributed by atoms with van der Waals surface area (Å²) in [7, 11) is 1.76. The van der Waals surface area contributed by atoms with Crippen LogP contribution in [0.15, 0.2) is 54.9 Å². The first kappa shape index (κ1) is 18.6. The maximum atomic E-state index is 11.8. The molecule has 0 fully saturated rings. The standard InChI is InChI=1S/C19H18ClN5O2/c1-13-10-15(20)8-9-16(13)23-18-17(25(26)27)19(22-12-21-18)24(2)11-14-6-4-3-5-7-14/h3-10,12H,11H2,1-2H3,(H,21,22,23). The maximum absolute atomic E-state index is 11.8. The first-order valence-electron chi connectivity index (χ1n) is 8.23. The van der Waals surface area contributed by atoms with Crippen LogP contribution in [0.25, 0.3) is 0 Å². The number of nitrogens with zero attached hydrogens (tertiary/aromatic N) is 4. The Labute approximate surface area is 161 Å². The highest BCUT2D eigenvalue weighted by atomic mass is 35.5. The van der Waals surface area contributed by atoms with Crippen LogP contribution >= 0.6 is 11.6 Å². The molecule has 0 unspecified atom stereocenters. The number of nitro groups is 1. The van der Waals surface area contributed by atoms with Crippen molar-refractivity contribution in [2.75, 3.05) is 17.3 Å². The molecule has 0 aliphatic heterocycles. The summed E-state index contributed by atoms with van der Waals surface area (Å²) in [6, 6.07) is 14.9. The maximum Gasteiger partial charge on any atom is 0.353 e. The van der Waals surface area contributed by atoms with Crippen molar-refractivity contribution in [1.29, 1.82) is 0 Å². The van der Waals surface area contributed by atoms with Crippen LogP contribution in [0.4, 0.5) is 23.0 Å². The molecule has 27 heavy (non-hydrogen) atoms. The highest BCUT2D eigenvalue weighted by Gasteiger charge is 2.26. The number of halogens is 1. The van der Waals surface area contributed by atoms with Gasteiger partial charge in [0, 0.05) is 24.3 Å². The van der Waals surface area contributed by atoms with Crippen LogP contribution in [0.5, 0.6) is 0 Å². The van der Waals surface area contributed by atoms with Crippen LogP contribution < -0.4 is 10.2 Å². The molecule has 0 aliphatic carbocycles. The van der Waals surface area contributed by atoms with Gasteiger partial charge in [0.2, 0.25) is 11.6 Å². The molecule has 0 saturated carbocycles. The zero-order chi connectivity index (χ0) is 19.4. The first-order chi connectivity index (χ1) is 13.0. The Hall–Kier alpha value is -3.19. The molecule has 138 valence electrons. The van der Waals surface area contributed by atoms with Gasteiger partial charge in [-0.1, -0.05) is 41.9 Å². The normalized spacial score (nSPS) is 10.5. The average Bonchev–Trinajstić information content (AvgIpc) is 2.64. The number of aromatic nitrogens is 2. The molecular formula is C19H18ClN5O2. The van der Waals surface area contributed by atoms with Gasteiger partial charge in [-0.3, -0.25) is 10.1 Å². The van der Waals surface area contributed by atoms with Crippen LogP contribution in [0.2, 0.25) is 5.02 Å². The minimum atomic E-state index is -0.468. The predicted molar refractivity (Wildman–Crippen MR) is 107 cm³/mol. The van der Waals surface area contributed by atoms with E-state index in [-0.39, 0.29) is 17.3 Å². The van der Waals surface area contributed by atoms with Crippen molar-refractivity contribution in [3.05, 3.63) is 81.1 Å². The topological polar surface area (TPSA) is 84.2 Å². The second-order valence-electron chi connectivity index (χ2n) is 6.08. The molecule has 3 rings (SSSR count). The molecule has 1 N–H and O–H groups in total. The molecule has 0 saturated heterocycles. The van der Waals surface area contributed by atoms with Crippen molar-refractivity contribution in [3.8, 4) is 0 Å². The fourth-order valence-corrected chi connectivity index (χ4v) is 2.96. The van der Waals surface area contributed by atoms with Crippen LogP contribution in [-0.4, -0.2) is 21.9 Å². The number of anilines is 3. The lowest BCUT2D eigenvalue weighted by Gasteiger charge is -2.19. The largest absolute Gasteiger partial charge is 0.353 e. The van der Waals surface area contributed by atoms with E-state index in [1.54, 1.807) is 30.1 Å². The summed E-state index contributed by atoms with van der Waals surface area (Å²) in [4.78, 5) is 21.3. The van der Waals surface area contributed by atoms with Gasteiger partial charge >= 0.3 is 5.69 Å². The molecule has 1 heterocycles. The van der Waals surface area contributed by atoms with Crippen molar-refractivity contribution in [1.82, 2.24) is 9.97 Å². The summed E-state index contributed by atoms with van der Waals surface area (Å²) in [5.74, 6) is 0.378. The van der Waals surface area contributed by atoms with Gasteiger partial charge in [0.1, 0.15) is 6.33 Å². The Balaban J connectivity index is 1.96. The Morgan fingerprint density at radius 3 is 2.59 bits per heavy atom. The molecule has 0 atom stereocenters. The second kappa shape index (κ2) is 8.01. The van der Waals surface area contributed by atoms with E-state index >= 15 is 0 Å². The van der Waals surface area contributed by atoms with Crippen molar-refractivity contribution in [2.45, 2.75) is 13.5 Å². The van der Waals surface area contributed by atoms with E-state index in [9.17, 15) is 10.1 Å². The first-order valence-corrected chi connectivity index (χ1v) is 8.61. The minimum absolute atomic E-state index is 0.135. The Bertz CT molecular complexity index is 966. The van der Waals surface area contributed by atoms with E-state index in [0.29, 0.717) is 17.3 Å². The van der Waals surface area contributed by atoms with Gasteiger partial charge < -0.3 is 10.2 Å². The van der Waals surface area contributed by atoms with E-state index in [4.69, 9.17) is 11.6 Å². The van der Waals surface area contributed by atoms with Gasteiger partial charge in [0.25, 0.3) is 0 Å². The SMILES string of the molecule is Cc1cc(Cl)ccc1Nc1ncnc(N(C)Cc2ccccc2)c1[N+](=O)[O-]. The third-order valence-electron chi connectivity index (χ3n) is 4.05. The van der Waals surface area contributed by atoms with Crippen molar-refractivity contribution in [3.63, 3.8) is 0 Å². The minimum Gasteiger partial charge on any atom is -0.349 e. The Kier molecular flexibility index (Phi) is 5.52. The van der Waals surface area contributed by atoms with E-state index in [1.165, 1.54) is 6.33 Å². The molecular weight excluding hydrogens is 366 g/mol. The molecule has 7 nitrogen and oxygen atoms in total. The van der Waals surface area contributed by atoms with Crippen LogP contribution in [0.1, 0.15) is 11.1 Å². The summed E-state index contributed by atoms with van der Waals surface area (Å²) >= 11 is 5.98. The van der Waals surface area contributed by atoms with E-state index < -0.39 is 4.92 Å². The molecule has 8 heteroatoms. The van der Waals surface area contributed by atoms with Gasteiger partial charge in [-0.15, -0.1) is 0 Å². The number of nitrogens with one attached hydrogen (secondary N) is 1. The molecule has 0 spiro atoms. The highest BCUT2D eigenvalue weighted by molar-refractivity contribution is 6.30. The van der Waals surface area contributed by atoms with Crippen molar-refractivity contribution in [2.24, 2.45) is 0 Å². The van der Waals surface area contributed by atoms with Crippen molar-refractivity contribution >= 4 is 34.6 Å². The third kappa shape index (κ3) is 4.32. The Morgan fingerprint density at radius 1 is 1.19 bits per heavy atom. The highest BCUT2D eigenvalue weighted by Crippen LogP contribution is 2.34. The lowest BCUT2D eigenvalue weighted by atomic mass is 10.2. The Morgan fingerprint density at radius 2 is 1.93 bits per heavy atom. The van der Waals surface area contributed by atoms with Gasteiger partial charge in [-0.25, -0.2) is 9.97 Å². The number of hydrogen-bond donors (Lipinski definition) is 1. The summed E-state index contributed by atoms with van der Waals surface area (Å²) in [5.41, 5.74) is 2.40. The zero-order valence-corrected chi connectivity index (χ0v) is 15.6. The van der Waals surface area contributed by atoms with Crippen LogP contribution in [-0.2, 0) is 6.54 Å². The lowest BCUT2D eigenvalue weighted by Crippen LogP contribution is -2.20. The van der Waals surface area contributed by atoms with Gasteiger partial charge in [0.15, 0.2) is 0 Å². The molecule has 1 aromatic heterocycles. The molecule has 0 bridgehead atoms. The summed E-state index contributed by atoms with van der Waals surface area (Å²) < 4.78 is 0. The smallest absolute Gasteiger partial charge is 0.349 e. The van der Waals surface area contributed by atoms with Crippen LogP contribution in [0, 0.1) is 17.0 Å². The number of benzene rings is 2. The fourth-order valence-electron chi connectivity index (χ4n) is 2.74. The molecule has 0 aliphatic rings. The van der Waals surface area contributed by atoms with E-state index in [1.807, 2.05) is 37.3 Å². The number of aryl methyl sites for hydroxylation is 1. The van der Waals surface area contributed by atoms with E-state index in [0.717, 1.165) is 11.1 Å². The second-order valence-corrected chi connectivity index (χ2v) is 6.51. The zero-order valence-electron chi connectivity index (χ0n) is 14.9. The predicted octanol–water partition coefficient (Wildman–Crippen LogP) is 4.73.